The lowest BCUT2D eigenvalue weighted by atomic mass is 9.95. The highest BCUT2D eigenvalue weighted by molar-refractivity contribution is 5.46. The Morgan fingerprint density at radius 2 is 1.50 bits per heavy atom. The van der Waals surface area contributed by atoms with Gasteiger partial charge in [0.25, 0.3) is 0 Å². The Bertz CT molecular complexity index is 823. The number of halogens is 3. The third kappa shape index (κ3) is 4.51. The average Bonchev–Trinajstić information content (AvgIpc) is 2.66. The predicted octanol–water partition coefficient (Wildman–Crippen LogP) is 3.47. The zero-order valence-electron chi connectivity index (χ0n) is 16.6. The third-order valence-electron chi connectivity index (χ3n) is 4.67. The van der Waals surface area contributed by atoms with Crippen molar-refractivity contribution in [3.8, 4) is 0 Å². The van der Waals surface area contributed by atoms with Crippen molar-refractivity contribution < 1.29 is 13.2 Å². The summed E-state index contributed by atoms with van der Waals surface area (Å²) < 4.78 is 38.7. The molecule has 3 rings (SSSR count). The van der Waals surface area contributed by atoms with Gasteiger partial charge in [-0.15, -0.1) is 0 Å². The van der Waals surface area contributed by atoms with Gasteiger partial charge in [0.05, 0.1) is 0 Å². The van der Waals surface area contributed by atoms with Crippen LogP contribution in [0.4, 0.5) is 24.8 Å². The Morgan fingerprint density at radius 3 is 2.04 bits per heavy atom. The van der Waals surface area contributed by atoms with Crippen molar-refractivity contribution in [3.05, 3.63) is 35.7 Å². The van der Waals surface area contributed by atoms with Crippen molar-refractivity contribution in [2.75, 3.05) is 36.0 Å². The van der Waals surface area contributed by atoms with E-state index in [9.17, 15) is 13.2 Å². The normalized spacial score (nSPS) is 15.8. The summed E-state index contributed by atoms with van der Waals surface area (Å²) in [4.78, 5) is 20.7. The molecule has 1 fully saturated rings. The van der Waals surface area contributed by atoms with Gasteiger partial charge < -0.3 is 9.80 Å². The molecule has 9 heteroatoms. The molecule has 0 amide bonds. The van der Waals surface area contributed by atoms with Gasteiger partial charge in [-0.3, -0.25) is 0 Å². The molecule has 1 aliphatic heterocycles. The quantitative estimate of drug-likeness (QED) is 0.795. The highest BCUT2D eigenvalue weighted by Gasteiger charge is 2.33. The van der Waals surface area contributed by atoms with Gasteiger partial charge in [0, 0.05) is 49.4 Å². The smallest absolute Gasteiger partial charge is 0.353 e. The summed E-state index contributed by atoms with van der Waals surface area (Å²) in [5.74, 6) is 1.97. The van der Waals surface area contributed by atoms with Gasteiger partial charge in [-0.25, -0.2) is 19.9 Å². The summed E-state index contributed by atoms with van der Waals surface area (Å²) in [6, 6.07) is 3.00. The van der Waals surface area contributed by atoms with E-state index in [0.717, 1.165) is 36.2 Å². The fourth-order valence-electron chi connectivity index (χ4n) is 3.00. The number of aromatic nitrogens is 4. The number of hydrogen-bond donors (Lipinski definition) is 0. The van der Waals surface area contributed by atoms with E-state index in [0.29, 0.717) is 32.0 Å². The highest BCUT2D eigenvalue weighted by Crippen LogP contribution is 2.29. The monoisotopic (exact) mass is 394 g/mol. The fraction of sp³-hybridized carbons (Fsp3) is 0.579. The van der Waals surface area contributed by atoms with Crippen LogP contribution in [0.3, 0.4) is 0 Å². The van der Waals surface area contributed by atoms with Crippen LogP contribution in [0.25, 0.3) is 0 Å². The summed E-state index contributed by atoms with van der Waals surface area (Å²) >= 11 is 0. The molecule has 0 unspecified atom stereocenters. The highest BCUT2D eigenvalue weighted by atomic mass is 19.4. The van der Waals surface area contributed by atoms with Crippen LogP contribution in [0.5, 0.6) is 0 Å². The number of hydrogen-bond acceptors (Lipinski definition) is 6. The van der Waals surface area contributed by atoms with Crippen LogP contribution in [0, 0.1) is 0 Å². The zero-order valence-corrected chi connectivity index (χ0v) is 16.6. The lowest BCUT2D eigenvalue weighted by Crippen LogP contribution is -2.47. The first kappa shape index (κ1) is 20.3. The van der Waals surface area contributed by atoms with E-state index in [2.05, 4.69) is 47.5 Å². The Labute approximate surface area is 162 Å². The van der Waals surface area contributed by atoms with Crippen LogP contribution in [0.2, 0.25) is 0 Å². The van der Waals surface area contributed by atoms with Crippen LogP contribution in [0.15, 0.2) is 18.5 Å². The molecule has 1 saturated heterocycles. The molecule has 1 aliphatic rings. The van der Waals surface area contributed by atoms with Crippen LogP contribution >= 0.6 is 0 Å². The third-order valence-corrected chi connectivity index (χ3v) is 4.67. The molecule has 152 valence electrons. The summed E-state index contributed by atoms with van der Waals surface area (Å²) in [5, 5.41) is 0. The standard InChI is InChI=1S/C19H25F3N6/c1-5-13-10-16(26-17(25-13)18(2,3)4)28-8-6-27(7-9-28)15-11-14(19(20,21)22)23-12-24-15/h10-12H,5-9H2,1-4H3. The van der Waals surface area contributed by atoms with Crippen molar-refractivity contribution in [2.24, 2.45) is 0 Å². The largest absolute Gasteiger partial charge is 0.433 e. The minimum Gasteiger partial charge on any atom is -0.353 e. The maximum atomic E-state index is 12.9. The van der Waals surface area contributed by atoms with Gasteiger partial charge in [0.2, 0.25) is 0 Å². The number of aryl methyl sites for hydroxylation is 1. The van der Waals surface area contributed by atoms with E-state index in [4.69, 9.17) is 4.98 Å². The summed E-state index contributed by atoms with van der Waals surface area (Å²) in [5.41, 5.74) is -0.0856. The maximum Gasteiger partial charge on any atom is 0.433 e. The van der Waals surface area contributed by atoms with E-state index in [1.54, 1.807) is 0 Å². The molecule has 0 saturated carbocycles. The number of alkyl halides is 3. The van der Waals surface area contributed by atoms with E-state index in [1.165, 1.54) is 0 Å². The van der Waals surface area contributed by atoms with Gasteiger partial charge in [0.1, 0.15) is 29.5 Å². The molecular weight excluding hydrogens is 369 g/mol. The molecule has 0 radical (unpaired) electrons. The van der Waals surface area contributed by atoms with Crippen molar-refractivity contribution >= 4 is 11.6 Å². The van der Waals surface area contributed by atoms with Crippen molar-refractivity contribution in [1.82, 2.24) is 19.9 Å². The Hall–Kier alpha value is -2.45. The number of piperazine rings is 1. The van der Waals surface area contributed by atoms with Crippen molar-refractivity contribution in [1.29, 1.82) is 0 Å². The molecule has 0 bridgehead atoms. The van der Waals surface area contributed by atoms with Crippen LogP contribution < -0.4 is 9.80 Å². The second-order valence-electron chi connectivity index (χ2n) is 7.88. The van der Waals surface area contributed by atoms with E-state index in [-0.39, 0.29) is 5.41 Å². The molecule has 0 aromatic carbocycles. The average molecular weight is 394 g/mol. The second-order valence-corrected chi connectivity index (χ2v) is 7.88. The van der Waals surface area contributed by atoms with Gasteiger partial charge in [-0.05, 0) is 6.42 Å². The Kier molecular flexibility index (Phi) is 5.45. The minimum absolute atomic E-state index is 0.156. The molecule has 0 atom stereocenters. The van der Waals surface area contributed by atoms with Crippen LogP contribution in [0.1, 0.15) is 44.9 Å². The molecule has 2 aromatic rings. The first-order valence-corrected chi connectivity index (χ1v) is 9.35. The molecule has 3 heterocycles. The lowest BCUT2D eigenvalue weighted by Gasteiger charge is -2.36. The molecule has 6 nitrogen and oxygen atoms in total. The van der Waals surface area contributed by atoms with Gasteiger partial charge in [0.15, 0.2) is 0 Å². The van der Waals surface area contributed by atoms with E-state index < -0.39 is 11.9 Å². The topological polar surface area (TPSA) is 58.0 Å². The second kappa shape index (κ2) is 7.52. The van der Waals surface area contributed by atoms with Gasteiger partial charge >= 0.3 is 6.18 Å². The molecular formula is C19H25F3N6. The fourth-order valence-corrected chi connectivity index (χ4v) is 3.00. The maximum absolute atomic E-state index is 12.9. The molecule has 28 heavy (non-hydrogen) atoms. The molecule has 2 aromatic heterocycles. The number of nitrogens with zero attached hydrogens (tertiary/aromatic N) is 6. The minimum atomic E-state index is -4.47. The molecule has 0 N–H and O–H groups in total. The molecule has 0 spiro atoms. The van der Waals surface area contributed by atoms with E-state index >= 15 is 0 Å². The predicted molar refractivity (Wildman–Crippen MR) is 102 cm³/mol. The lowest BCUT2D eigenvalue weighted by molar-refractivity contribution is -0.141. The van der Waals surface area contributed by atoms with Crippen molar-refractivity contribution in [2.45, 2.75) is 45.7 Å². The SMILES string of the molecule is CCc1cc(N2CCN(c3cc(C(F)(F)F)ncn3)CC2)nc(C(C)(C)C)n1. The summed E-state index contributed by atoms with van der Waals surface area (Å²) in [6.45, 7) is 10.7. The summed E-state index contributed by atoms with van der Waals surface area (Å²) in [7, 11) is 0. The van der Waals surface area contributed by atoms with Crippen LogP contribution in [-0.2, 0) is 18.0 Å². The Morgan fingerprint density at radius 1 is 0.893 bits per heavy atom. The molecule has 0 aliphatic carbocycles. The number of anilines is 2. The van der Waals surface area contributed by atoms with Crippen LogP contribution in [-0.4, -0.2) is 46.1 Å². The van der Waals surface area contributed by atoms with E-state index in [1.807, 2.05) is 11.0 Å². The summed E-state index contributed by atoms with van der Waals surface area (Å²) in [6.07, 6.45) is -2.68. The van der Waals surface area contributed by atoms with Crippen molar-refractivity contribution in [3.63, 3.8) is 0 Å². The first-order chi connectivity index (χ1) is 13.1. The van der Waals surface area contributed by atoms with Gasteiger partial charge in [-0.1, -0.05) is 27.7 Å². The first-order valence-electron chi connectivity index (χ1n) is 9.35. The Balaban J connectivity index is 1.76. The van der Waals surface area contributed by atoms with Gasteiger partial charge in [-0.2, -0.15) is 13.2 Å². The number of rotatable bonds is 3. The zero-order chi connectivity index (χ0) is 20.5.